The van der Waals surface area contributed by atoms with E-state index in [1.165, 1.54) is 0 Å². The van der Waals surface area contributed by atoms with Crippen molar-refractivity contribution in [2.75, 3.05) is 6.54 Å². The van der Waals surface area contributed by atoms with Gasteiger partial charge in [-0.05, 0) is 30.9 Å². The van der Waals surface area contributed by atoms with Crippen molar-refractivity contribution in [2.45, 2.75) is 40.2 Å². The number of nitrogens with two attached hydrogens (primary N) is 1. The Hall–Kier alpha value is -1.29. The van der Waals surface area contributed by atoms with Crippen LogP contribution in [0.4, 0.5) is 0 Å². The van der Waals surface area contributed by atoms with E-state index in [1.807, 2.05) is 6.92 Å². The molecule has 1 atom stereocenters. The fraction of sp³-hybridized carbons (Fsp3) is 0.615. The Morgan fingerprint density at radius 3 is 2.59 bits per heavy atom. The predicted octanol–water partition coefficient (Wildman–Crippen LogP) is 2.08. The van der Waals surface area contributed by atoms with Crippen molar-refractivity contribution in [3.8, 4) is 0 Å². The maximum absolute atomic E-state index is 11.7. The minimum absolute atomic E-state index is 0.0324. The smallest absolute Gasteiger partial charge is 0.287 e. The van der Waals surface area contributed by atoms with E-state index < -0.39 is 0 Å². The second-order valence-electron chi connectivity index (χ2n) is 5.65. The molecule has 1 heterocycles. The zero-order valence-corrected chi connectivity index (χ0v) is 11.0. The third kappa shape index (κ3) is 5.04. The highest BCUT2D eigenvalue weighted by Crippen LogP contribution is 2.19. The fourth-order valence-corrected chi connectivity index (χ4v) is 1.73. The molecule has 0 saturated carbocycles. The van der Waals surface area contributed by atoms with Gasteiger partial charge in [0.1, 0.15) is 5.76 Å². The van der Waals surface area contributed by atoms with Gasteiger partial charge < -0.3 is 15.5 Å². The molecular weight excluding hydrogens is 216 g/mol. The van der Waals surface area contributed by atoms with Crippen molar-refractivity contribution < 1.29 is 9.21 Å². The highest BCUT2D eigenvalue weighted by molar-refractivity contribution is 5.91. The number of nitrogens with one attached hydrogen (secondary N) is 1. The predicted molar refractivity (Wildman–Crippen MR) is 67.8 cm³/mol. The van der Waals surface area contributed by atoms with Crippen LogP contribution in [0, 0.1) is 12.3 Å². The number of rotatable bonds is 4. The molecule has 0 bridgehead atoms. The lowest BCUT2D eigenvalue weighted by atomic mass is 9.88. The summed E-state index contributed by atoms with van der Waals surface area (Å²) in [5, 5.41) is 2.78. The molecule has 1 unspecified atom stereocenters. The fourth-order valence-electron chi connectivity index (χ4n) is 1.73. The molecule has 0 aliphatic heterocycles. The lowest BCUT2D eigenvalue weighted by Crippen LogP contribution is -2.39. The first kappa shape index (κ1) is 13.8. The van der Waals surface area contributed by atoms with Crippen LogP contribution < -0.4 is 11.1 Å². The highest BCUT2D eigenvalue weighted by Gasteiger charge is 2.17. The monoisotopic (exact) mass is 238 g/mol. The summed E-state index contributed by atoms with van der Waals surface area (Å²) in [5.74, 6) is 0.863. The Balaban J connectivity index is 2.38. The van der Waals surface area contributed by atoms with Gasteiger partial charge in [-0.1, -0.05) is 20.8 Å². The average molecular weight is 238 g/mol. The van der Waals surface area contributed by atoms with Gasteiger partial charge in [-0.3, -0.25) is 4.79 Å². The summed E-state index contributed by atoms with van der Waals surface area (Å²) in [6.45, 7) is 8.66. The minimum Gasteiger partial charge on any atom is -0.456 e. The first-order valence-electron chi connectivity index (χ1n) is 5.88. The maximum atomic E-state index is 11.7. The normalized spacial score (nSPS) is 13.5. The number of aryl methyl sites for hydroxylation is 1. The van der Waals surface area contributed by atoms with Gasteiger partial charge in [0, 0.05) is 12.6 Å². The molecule has 0 aliphatic carbocycles. The molecule has 1 aromatic heterocycles. The lowest BCUT2D eigenvalue weighted by molar-refractivity contribution is 0.0919. The molecule has 0 saturated heterocycles. The maximum Gasteiger partial charge on any atom is 0.287 e. The van der Waals surface area contributed by atoms with Crippen LogP contribution in [0.25, 0.3) is 0 Å². The first-order chi connectivity index (χ1) is 7.78. The van der Waals surface area contributed by atoms with Crippen molar-refractivity contribution in [1.82, 2.24) is 5.32 Å². The molecule has 0 radical (unpaired) electrons. The zero-order chi connectivity index (χ0) is 13.1. The zero-order valence-electron chi connectivity index (χ0n) is 11.0. The Kier molecular flexibility index (Phi) is 4.34. The Morgan fingerprint density at radius 1 is 1.47 bits per heavy atom. The van der Waals surface area contributed by atoms with E-state index in [2.05, 4.69) is 26.1 Å². The van der Waals surface area contributed by atoms with Gasteiger partial charge in [-0.2, -0.15) is 0 Å². The molecule has 1 aromatic rings. The van der Waals surface area contributed by atoms with Crippen LogP contribution in [-0.2, 0) is 0 Å². The summed E-state index contributed by atoms with van der Waals surface area (Å²) in [4.78, 5) is 11.7. The summed E-state index contributed by atoms with van der Waals surface area (Å²) in [6, 6.07) is 3.40. The molecule has 0 aromatic carbocycles. The van der Waals surface area contributed by atoms with E-state index in [4.69, 9.17) is 10.2 Å². The number of furan rings is 1. The lowest BCUT2D eigenvalue weighted by Gasteiger charge is -2.23. The Labute approximate surface area is 103 Å². The van der Waals surface area contributed by atoms with E-state index in [9.17, 15) is 4.79 Å². The Morgan fingerprint density at radius 2 is 2.12 bits per heavy atom. The second kappa shape index (κ2) is 5.36. The molecule has 4 nitrogen and oxygen atoms in total. The van der Waals surface area contributed by atoms with Crippen LogP contribution in [-0.4, -0.2) is 18.5 Å². The van der Waals surface area contributed by atoms with Crippen molar-refractivity contribution in [2.24, 2.45) is 11.1 Å². The van der Waals surface area contributed by atoms with Gasteiger partial charge in [-0.15, -0.1) is 0 Å². The topological polar surface area (TPSA) is 68.3 Å². The van der Waals surface area contributed by atoms with Crippen molar-refractivity contribution in [3.63, 3.8) is 0 Å². The van der Waals surface area contributed by atoms with Crippen LogP contribution >= 0.6 is 0 Å². The van der Waals surface area contributed by atoms with Gasteiger partial charge in [0.25, 0.3) is 5.91 Å². The molecule has 17 heavy (non-hydrogen) atoms. The summed E-state index contributed by atoms with van der Waals surface area (Å²) in [5.41, 5.74) is 6.12. The van der Waals surface area contributed by atoms with Crippen LogP contribution in [0.15, 0.2) is 16.5 Å². The van der Waals surface area contributed by atoms with Crippen LogP contribution in [0.5, 0.6) is 0 Å². The average Bonchev–Trinajstić information content (AvgIpc) is 2.58. The summed E-state index contributed by atoms with van der Waals surface area (Å²) < 4.78 is 5.23. The second-order valence-corrected chi connectivity index (χ2v) is 5.65. The van der Waals surface area contributed by atoms with Gasteiger partial charge in [0.05, 0.1) is 0 Å². The first-order valence-corrected chi connectivity index (χ1v) is 5.88. The number of amides is 1. The van der Waals surface area contributed by atoms with Gasteiger partial charge in [-0.25, -0.2) is 0 Å². The standard InChI is InChI=1S/C13H22N2O2/c1-9-5-6-11(17-9)12(16)15-8-10(14)7-13(2,3)4/h5-6,10H,7-8,14H2,1-4H3,(H,15,16). The molecule has 4 heteroatoms. The molecule has 3 N–H and O–H groups in total. The number of carbonyl (C=O) groups is 1. The van der Waals surface area contributed by atoms with E-state index in [-0.39, 0.29) is 17.4 Å². The van der Waals surface area contributed by atoms with E-state index in [0.717, 1.165) is 12.2 Å². The quantitative estimate of drug-likeness (QED) is 0.843. The number of carbonyl (C=O) groups excluding carboxylic acids is 1. The van der Waals surface area contributed by atoms with Gasteiger partial charge in [0.15, 0.2) is 5.76 Å². The van der Waals surface area contributed by atoms with Crippen LogP contribution in [0.1, 0.15) is 43.5 Å². The SMILES string of the molecule is Cc1ccc(C(=O)NCC(N)CC(C)(C)C)o1. The van der Waals surface area contributed by atoms with Crippen molar-refractivity contribution in [3.05, 3.63) is 23.7 Å². The molecule has 1 amide bonds. The van der Waals surface area contributed by atoms with E-state index >= 15 is 0 Å². The molecule has 0 aliphatic rings. The molecule has 1 rings (SSSR count). The summed E-state index contributed by atoms with van der Waals surface area (Å²) >= 11 is 0. The third-order valence-electron chi connectivity index (χ3n) is 2.36. The highest BCUT2D eigenvalue weighted by atomic mass is 16.3. The molecule has 96 valence electrons. The largest absolute Gasteiger partial charge is 0.456 e. The summed E-state index contributed by atoms with van der Waals surface area (Å²) in [7, 11) is 0. The van der Waals surface area contributed by atoms with Crippen LogP contribution in [0.2, 0.25) is 0 Å². The Bertz CT molecular complexity index is 377. The van der Waals surface area contributed by atoms with E-state index in [0.29, 0.717) is 12.3 Å². The summed E-state index contributed by atoms with van der Waals surface area (Å²) in [6.07, 6.45) is 0.866. The molecule has 0 fully saturated rings. The van der Waals surface area contributed by atoms with E-state index in [1.54, 1.807) is 12.1 Å². The van der Waals surface area contributed by atoms with Gasteiger partial charge >= 0.3 is 0 Å². The minimum atomic E-state index is -0.206. The van der Waals surface area contributed by atoms with Crippen LogP contribution in [0.3, 0.4) is 0 Å². The van der Waals surface area contributed by atoms with Gasteiger partial charge in [0.2, 0.25) is 0 Å². The molecular formula is C13H22N2O2. The molecule has 0 spiro atoms. The third-order valence-corrected chi connectivity index (χ3v) is 2.36. The number of hydrogen-bond acceptors (Lipinski definition) is 3. The van der Waals surface area contributed by atoms with Crippen molar-refractivity contribution >= 4 is 5.91 Å². The van der Waals surface area contributed by atoms with Crippen molar-refractivity contribution in [1.29, 1.82) is 0 Å². The number of hydrogen-bond donors (Lipinski definition) is 2.